The average Bonchev–Trinajstić information content (AvgIpc) is 2.66. The second-order valence-corrected chi connectivity index (χ2v) is 6.48. The lowest BCUT2D eigenvalue weighted by atomic mass is 9.97. The minimum absolute atomic E-state index is 0.195. The molecule has 1 nitrogen and oxygen atoms in total. The van der Waals surface area contributed by atoms with E-state index >= 15 is 0 Å². The maximum absolute atomic E-state index is 15.0. The summed E-state index contributed by atoms with van der Waals surface area (Å²) in [6, 6.07) is 19.0. The molecule has 0 heterocycles. The fourth-order valence-electron chi connectivity index (χ4n) is 3.20. The summed E-state index contributed by atoms with van der Waals surface area (Å²) in [6.07, 6.45) is 6.00. The van der Waals surface area contributed by atoms with Crippen molar-refractivity contribution in [2.45, 2.75) is 39.0 Å². The summed E-state index contributed by atoms with van der Waals surface area (Å²) in [7, 11) is 0. The first-order valence-electron chi connectivity index (χ1n) is 8.94. The van der Waals surface area contributed by atoms with Crippen molar-refractivity contribution in [3.63, 3.8) is 0 Å². The highest BCUT2D eigenvalue weighted by molar-refractivity contribution is 5.88. The third kappa shape index (κ3) is 3.88. The quantitative estimate of drug-likeness (QED) is 0.464. The van der Waals surface area contributed by atoms with Crippen molar-refractivity contribution in [3.05, 3.63) is 71.5 Å². The number of unbranched alkanes of at least 4 members (excludes halogenated alkanes) is 3. The van der Waals surface area contributed by atoms with Gasteiger partial charge in [0.2, 0.25) is 0 Å². The monoisotopic (exact) mass is 331 g/mol. The van der Waals surface area contributed by atoms with Crippen LogP contribution in [-0.4, -0.2) is 0 Å². The predicted molar refractivity (Wildman–Crippen MR) is 102 cm³/mol. The molecule has 0 saturated heterocycles. The van der Waals surface area contributed by atoms with Gasteiger partial charge in [-0.15, -0.1) is 0 Å². The largest absolute Gasteiger partial charge is 0.206 e. The highest BCUT2D eigenvalue weighted by Crippen LogP contribution is 2.30. The van der Waals surface area contributed by atoms with Gasteiger partial charge in [-0.1, -0.05) is 68.7 Å². The van der Waals surface area contributed by atoms with Gasteiger partial charge in [-0.3, -0.25) is 0 Å². The molecule has 0 N–H and O–H groups in total. The third-order valence-electron chi connectivity index (χ3n) is 4.66. The maximum Gasteiger partial charge on any atom is 0.138 e. The lowest BCUT2D eigenvalue weighted by Crippen LogP contribution is -1.90. The van der Waals surface area contributed by atoms with E-state index in [9.17, 15) is 4.39 Å². The van der Waals surface area contributed by atoms with Gasteiger partial charge in [0, 0.05) is 10.9 Å². The van der Waals surface area contributed by atoms with Crippen LogP contribution in [0.2, 0.25) is 0 Å². The zero-order valence-corrected chi connectivity index (χ0v) is 14.6. The summed E-state index contributed by atoms with van der Waals surface area (Å²) in [5.74, 6) is -0.195. The Morgan fingerprint density at radius 3 is 2.44 bits per heavy atom. The zero-order chi connectivity index (χ0) is 17.6. The number of fused-ring (bicyclic) bond motifs is 1. The molecule has 0 aliphatic carbocycles. The molecule has 126 valence electrons. The molecule has 0 amide bonds. The average molecular weight is 331 g/mol. The summed E-state index contributed by atoms with van der Waals surface area (Å²) in [5.41, 5.74) is 3.22. The van der Waals surface area contributed by atoms with Gasteiger partial charge in [0.25, 0.3) is 0 Å². The van der Waals surface area contributed by atoms with E-state index in [1.165, 1.54) is 31.2 Å². The van der Waals surface area contributed by atoms with Crippen LogP contribution in [0.1, 0.15) is 43.7 Å². The van der Waals surface area contributed by atoms with Crippen molar-refractivity contribution >= 4 is 10.8 Å². The van der Waals surface area contributed by atoms with E-state index in [1.54, 1.807) is 24.3 Å². The number of hydrogen-bond acceptors (Lipinski definition) is 1. The number of nitrogens with zero attached hydrogens (tertiary/aromatic N) is 1. The van der Waals surface area contributed by atoms with Gasteiger partial charge in [0.05, 0.1) is 11.6 Å². The normalized spacial score (nSPS) is 10.8. The van der Waals surface area contributed by atoms with Gasteiger partial charge < -0.3 is 0 Å². The van der Waals surface area contributed by atoms with Crippen LogP contribution in [0.4, 0.5) is 4.39 Å². The van der Waals surface area contributed by atoms with E-state index in [2.05, 4.69) is 19.1 Å². The van der Waals surface area contributed by atoms with Crippen LogP contribution in [0.5, 0.6) is 0 Å². The molecule has 0 radical (unpaired) electrons. The van der Waals surface area contributed by atoms with Gasteiger partial charge in [-0.2, -0.15) is 5.26 Å². The standard InChI is InChI=1S/C23H22FN/c1-2-3-4-5-6-17-9-13-22-20(15-17)12-14-21(23(22)24)19-10-7-18(16-25)8-11-19/h7-15H,2-6H2,1H3. The number of halogens is 1. The molecule has 0 aliphatic heterocycles. The van der Waals surface area contributed by atoms with Crippen LogP contribution in [0, 0.1) is 17.1 Å². The number of nitriles is 1. The van der Waals surface area contributed by atoms with Gasteiger partial charge in [0.1, 0.15) is 5.82 Å². The Labute approximate surface area is 148 Å². The Hall–Kier alpha value is -2.66. The summed E-state index contributed by atoms with van der Waals surface area (Å²) < 4.78 is 15.0. The van der Waals surface area contributed by atoms with Gasteiger partial charge in [-0.25, -0.2) is 4.39 Å². The lowest BCUT2D eigenvalue weighted by molar-refractivity contribution is 0.643. The summed E-state index contributed by atoms with van der Waals surface area (Å²) in [6.45, 7) is 2.21. The molecule has 0 unspecified atom stereocenters. The van der Waals surface area contributed by atoms with Gasteiger partial charge in [-0.05, 0) is 41.5 Å². The maximum atomic E-state index is 15.0. The third-order valence-corrected chi connectivity index (χ3v) is 4.66. The zero-order valence-electron chi connectivity index (χ0n) is 14.6. The highest BCUT2D eigenvalue weighted by atomic mass is 19.1. The topological polar surface area (TPSA) is 23.8 Å². The summed E-state index contributed by atoms with van der Waals surface area (Å²) in [4.78, 5) is 0. The molecule has 0 fully saturated rings. The Kier molecular flexibility index (Phi) is 5.46. The fourth-order valence-corrected chi connectivity index (χ4v) is 3.20. The Morgan fingerprint density at radius 1 is 0.920 bits per heavy atom. The molecule has 3 aromatic carbocycles. The van der Waals surface area contributed by atoms with Crippen molar-refractivity contribution in [1.29, 1.82) is 5.26 Å². The van der Waals surface area contributed by atoms with E-state index < -0.39 is 0 Å². The Bertz CT molecular complexity index is 904. The van der Waals surface area contributed by atoms with Gasteiger partial charge >= 0.3 is 0 Å². The van der Waals surface area contributed by atoms with Crippen molar-refractivity contribution in [2.24, 2.45) is 0 Å². The minimum atomic E-state index is -0.195. The predicted octanol–water partition coefficient (Wildman–Crippen LogP) is 6.64. The van der Waals surface area contributed by atoms with E-state index in [0.717, 1.165) is 17.4 Å². The molecular weight excluding hydrogens is 309 g/mol. The minimum Gasteiger partial charge on any atom is -0.206 e. The van der Waals surface area contributed by atoms with E-state index in [-0.39, 0.29) is 5.82 Å². The van der Waals surface area contributed by atoms with Crippen molar-refractivity contribution in [1.82, 2.24) is 0 Å². The molecule has 0 bridgehead atoms. The van der Waals surface area contributed by atoms with E-state index in [0.29, 0.717) is 16.5 Å². The lowest BCUT2D eigenvalue weighted by Gasteiger charge is -2.09. The molecule has 3 rings (SSSR count). The molecule has 0 atom stereocenters. The number of hydrogen-bond donors (Lipinski definition) is 0. The summed E-state index contributed by atoms with van der Waals surface area (Å²) in [5, 5.41) is 10.5. The molecule has 25 heavy (non-hydrogen) atoms. The van der Waals surface area contributed by atoms with Crippen LogP contribution in [-0.2, 0) is 6.42 Å². The molecule has 0 spiro atoms. The van der Waals surface area contributed by atoms with Crippen molar-refractivity contribution in [3.8, 4) is 17.2 Å². The summed E-state index contributed by atoms with van der Waals surface area (Å²) >= 11 is 0. The SMILES string of the molecule is CCCCCCc1ccc2c(F)c(-c3ccc(C#N)cc3)ccc2c1. The molecular formula is C23H22FN. The molecule has 2 heteroatoms. The second kappa shape index (κ2) is 7.94. The first-order valence-corrected chi connectivity index (χ1v) is 8.94. The molecule has 0 aromatic heterocycles. The van der Waals surface area contributed by atoms with Crippen LogP contribution in [0.3, 0.4) is 0 Å². The van der Waals surface area contributed by atoms with Crippen LogP contribution in [0.15, 0.2) is 54.6 Å². The van der Waals surface area contributed by atoms with Gasteiger partial charge in [0.15, 0.2) is 0 Å². The highest BCUT2D eigenvalue weighted by Gasteiger charge is 2.10. The smallest absolute Gasteiger partial charge is 0.138 e. The number of rotatable bonds is 6. The molecule has 0 saturated carbocycles. The molecule has 0 aliphatic rings. The van der Waals surface area contributed by atoms with Crippen molar-refractivity contribution < 1.29 is 4.39 Å². The van der Waals surface area contributed by atoms with E-state index in [1.807, 2.05) is 24.3 Å². The second-order valence-electron chi connectivity index (χ2n) is 6.48. The van der Waals surface area contributed by atoms with Crippen molar-refractivity contribution in [2.75, 3.05) is 0 Å². The Morgan fingerprint density at radius 2 is 1.72 bits per heavy atom. The Balaban J connectivity index is 1.88. The number of aryl methyl sites for hydroxylation is 1. The van der Waals surface area contributed by atoms with Crippen LogP contribution < -0.4 is 0 Å². The van der Waals surface area contributed by atoms with Crippen LogP contribution in [0.25, 0.3) is 21.9 Å². The first-order chi connectivity index (χ1) is 12.2. The first kappa shape index (κ1) is 17.2. The van der Waals surface area contributed by atoms with E-state index in [4.69, 9.17) is 5.26 Å². The molecule has 3 aromatic rings. The number of benzene rings is 3. The fraction of sp³-hybridized carbons (Fsp3) is 0.261. The van der Waals surface area contributed by atoms with Crippen LogP contribution >= 0.6 is 0 Å².